The van der Waals surface area contributed by atoms with Crippen LogP contribution in [0.3, 0.4) is 0 Å². The van der Waals surface area contributed by atoms with Gasteiger partial charge in [-0.3, -0.25) is 0 Å². The molecule has 0 unspecified atom stereocenters. The smallest absolute Gasteiger partial charge is 0.409 e. The summed E-state index contributed by atoms with van der Waals surface area (Å²) in [5.41, 5.74) is 10.1. The van der Waals surface area contributed by atoms with Crippen molar-refractivity contribution >= 4 is 34.4 Å². The number of anilines is 3. The first-order chi connectivity index (χ1) is 16.6. The molecule has 8 nitrogen and oxygen atoms in total. The number of benzene rings is 1. The Hall–Kier alpha value is -3.55. The molecule has 5 rings (SSSR count). The van der Waals surface area contributed by atoms with Crippen molar-refractivity contribution < 1.29 is 9.53 Å². The summed E-state index contributed by atoms with van der Waals surface area (Å²) in [5.74, 6) is 1.73. The van der Waals surface area contributed by atoms with Gasteiger partial charge in [-0.1, -0.05) is 30.3 Å². The average Bonchev–Trinajstić information content (AvgIpc) is 2.89. The zero-order valence-corrected chi connectivity index (χ0v) is 19.7. The largest absolute Gasteiger partial charge is 0.450 e. The molecule has 0 spiro atoms. The maximum atomic E-state index is 12.0. The van der Waals surface area contributed by atoms with Gasteiger partial charge in [0.2, 0.25) is 0 Å². The van der Waals surface area contributed by atoms with Crippen LogP contribution in [0.4, 0.5) is 22.1 Å². The van der Waals surface area contributed by atoms with E-state index < -0.39 is 0 Å². The minimum atomic E-state index is -0.261. The highest BCUT2D eigenvalue weighted by molar-refractivity contribution is 5.91. The van der Waals surface area contributed by atoms with Gasteiger partial charge in [-0.2, -0.15) is 0 Å². The molecule has 3 aromatic rings. The number of pyridine rings is 2. The number of fused-ring (bicyclic) bond motifs is 1. The highest BCUT2D eigenvalue weighted by atomic mass is 16.6. The van der Waals surface area contributed by atoms with Gasteiger partial charge in [-0.15, -0.1) is 0 Å². The number of aromatic nitrogens is 2. The van der Waals surface area contributed by atoms with Crippen molar-refractivity contribution in [1.29, 1.82) is 0 Å². The summed E-state index contributed by atoms with van der Waals surface area (Å²) in [6, 6.07) is 14.6. The lowest BCUT2D eigenvalue weighted by atomic mass is 10.0. The van der Waals surface area contributed by atoms with Crippen LogP contribution in [0.25, 0.3) is 22.2 Å². The Morgan fingerprint density at radius 3 is 2.29 bits per heavy atom. The Morgan fingerprint density at radius 1 is 0.912 bits per heavy atom. The molecular weight excluding hydrogens is 428 g/mol. The van der Waals surface area contributed by atoms with Gasteiger partial charge >= 0.3 is 6.09 Å². The number of rotatable bonds is 4. The van der Waals surface area contributed by atoms with Gasteiger partial charge < -0.3 is 25.2 Å². The standard InChI is InChI=1S/C26H32N6O2/c1-2-34-26(33)32-15-13-31(14-16-32)25-22(27)18-20-17-21(19-9-5-3-6-10-19)24(28-23(20)29-25)30-11-7-4-8-12-30/h3,5-6,9-10,17-18H,2,4,7-8,11-16,27H2,1H3. The summed E-state index contributed by atoms with van der Waals surface area (Å²) >= 11 is 0. The molecule has 2 aliphatic heterocycles. The van der Waals surface area contributed by atoms with E-state index >= 15 is 0 Å². The summed E-state index contributed by atoms with van der Waals surface area (Å²) in [6.07, 6.45) is 3.36. The van der Waals surface area contributed by atoms with Crippen LogP contribution in [0.2, 0.25) is 0 Å². The normalized spacial score (nSPS) is 16.7. The molecule has 0 atom stereocenters. The molecular formula is C26H32N6O2. The molecule has 2 aromatic heterocycles. The SMILES string of the molecule is CCOC(=O)N1CCN(c2nc3nc(N4CCCCC4)c(-c4ccccc4)cc3cc2N)CC1. The fourth-order valence-corrected chi connectivity index (χ4v) is 4.85. The maximum Gasteiger partial charge on any atom is 0.409 e. The van der Waals surface area contributed by atoms with Gasteiger partial charge in [0.15, 0.2) is 11.5 Å². The number of hydrogen-bond acceptors (Lipinski definition) is 7. The third-order valence-electron chi connectivity index (χ3n) is 6.64. The van der Waals surface area contributed by atoms with Crippen molar-refractivity contribution in [3.8, 4) is 11.1 Å². The van der Waals surface area contributed by atoms with Crippen molar-refractivity contribution in [2.45, 2.75) is 26.2 Å². The Labute approximate surface area is 200 Å². The van der Waals surface area contributed by atoms with E-state index in [1.807, 2.05) is 19.1 Å². The lowest BCUT2D eigenvalue weighted by Crippen LogP contribution is -2.49. The number of hydrogen-bond donors (Lipinski definition) is 1. The lowest BCUT2D eigenvalue weighted by Gasteiger charge is -2.35. The van der Waals surface area contributed by atoms with Gasteiger partial charge in [-0.05, 0) is 43.9 Å². The first-order valence-corrected chi connectivity index (χ1v) is 12.2. The molecule has 1 aromatic carbocycles. The second-order valence-electron chi connectivity index (χ2n) is 8.89. The number of piperazine rings is 1. The first kappa shape index (κ1) is 22.3. The lowest BCUT2D eigenvalue weighted by molar-refractivity contribution is 0.105. The van der Waals surface area contributed by atoms with Crippen LogP contribution in [-0.2, 0) is 4.74 Å². The zero-order chi connectivity index (χ0) is 23.5. The molecule has 4 heterocycles. The van der Waals surface area contributed by atoms with Crippen molar-refractivity contribution in [3.05, 3.63) is 42.5 Å². The molecule has 34 heavy (non-hydrogen) atoms. The van der Waals surface area contributed by atoms with Crippen LogP contribution in [0.1, 0.15) is 26.2 Å². The van der Waals surface area contributed by atoms with E-state index in [-0.39, 0.29) is 6.09 Å². The van der Waals surface area contributed by atoms with Crippen LogP contribution in [-0.4, -0.2) is 66.8 Å². The highest BCUT2D eigenvalue weighted by Gasteiger charge is 2.25. The van der Waals surface area contributed by atoms with Gasteiger partial charge in [0, 0.05) is 50.2 Å². The molecule has 8 heteroatoms. The van der Waals surface area contributed by atoms with Crippen molar-refractivity contribution in [2.24, 2.45) is 0 Å². The minimum Gasteiger partial charge on any atom is -0.450 e. The third kappa shape index (κ3) is 4.44. The number of nitrogens with two attached hydrogens (primary N) is 1. The number of ether oxygens (including phenoxy) is 1. The van der Waals surface area contributed by atoms with E-state index in [1.165, 1.54) is 19.3 Å². The van der Waals surface area contributed by atoms with E-state index in [1.54, 1.807) is 4.90 Å². The second kappa shape index (κ2) is 9.75. The molecule has 0 bridgehead atoms. The molecule has 2 fully saturated rings. The quantitative estimate of drug-likeness (QED) is 0.626. The molecule has 0 radical (unpaired) electrons. The summed E-state index contributed by atoms with van der Waals surface area (Å²) in [4.78, 5) is 28.3. The van der Waals surface area contributed by atoms with Gasteiger partial charge in [0.05, 0.1) is 12.3 Å². The number of nitrogens with zero attached hydrogens (tertiary/aromatic N) is 5. The molecule has 1 amide bonds. The predicted molar refractivity (Wildman–Crippen MR) is 136 cm³/mol. The Bertz CT molecular complexity index is 1150. The van der Waals surface area contributed by atoms with E-state index in [9.17, 15) is 4.79 Å². The van der Waals surface area contributed by atoms with Crippen LogP contribution in [0, 0.1) is 0 Å². The number of amides is 1. The first-order valence-electron chi connectivity index (χ1n) is 12.2. The summed E-state index contributed by atoms with van der Waals surface area (Å²) in [6.45, 7) is 6.70. The molecule has 2 saturated heterocycles. The topological polar surface area (TPSA) is 87.8 Å². The third-order valence-corrected chi connectivity index (χ3v) is 6.64. The zero-order valence-electron chi connectivity index (χ0n) is 19.7. The Kier molecular flexibility index (Phi) is 6.38. The molecule has 0 aliphatic carbocycles. The Balaban J connectivity index is 1.49. The van der Waals surface area contributed by atoms with Crippen molar-refractivity contribution in [1.82, 2.24) is 14.9 Å². The summed E-state index contributed by atoms with van der Waals surface area (Å²) in [5, 5.41) is 0.936. The number of carbonyl (C=O) groups is 1. The highest BCUT2D eigenvalue weighted by Crippen LogP contribution is 2.35. The van der Waals surface area contributed by atoms with Crippen LogP contribution in [0.15, 0.2) is 42.5 Å². The van der Waals surface area contributed by atoms with Crippen LogP contribution >= 0.6 is 0 Å². The summed E-state index contributed by atoms with van der Waals surface area (Å²) < 4.78 is 5.14. The van der Waals surface area contributed by atoms with E-state index in [2.05, 4.69) is 40.1 Å². The number of carbonyl (C=O) groups excluding carboxylic acids is 1. The Morgan fingerprint density at radius 2 is 1.59 bits per heavy atom. The molecule has 178 valence electrons. The van der Waals surface area contributed by atoms with Gasteiger partial charge in [0.1, 0.15) is 5.82 Å². The van der Waals surface area contributed by atoms with Crippen LogP contribution < -0.4 is 15.5 Å². The fraction of sp³-hybridized carbons (Fsp3) is 0.423. The van der Waals surface area contributed by atoms with E-state index in [0.717, 1.165) is 41.2 Å². The van der Waals surface area contributed by atoms with Crippen LogP contribution in [0.5, 0.6) is 0 Å². The molecule has 0 saturated carbocycles. The number of nitrogen functional groups attached to an aromatic ring is 1. The maximum absolute atomic E-state index is 12.0. The van der Waals surface area contributed by atoms with Crippen molar-refractivity contribution in [2.75, 3.05) is 61.4 Å². The van der Waals surface area contributed by atoms with E-state index in [0.29, 0.717) is 44.1 Å². The molecule has 2 N–H and O–H groups in total. The van der Waals surface area contributed by atoms with Gasteiger partial charge in [0.25, 0.3) is 0 Å². The fourth-order valence-electron chi connectivity index (χ4n) is 4.85. The van der Waals surface area contributed by atoms with Gasteiger partial charge in [-0.25, -0.2) is 14.8 Å². The molecule has 2 aliphatic rings. The predicted octanol–water partition coefficient (Wildman–Crippen LogP) is 4.15. The summed E-state index contributed by atoms with van der Waals surface area (Å²) in [7, 11) is 0. The van der Waals surface area contributed by atoms with Crippen molar-refractivity contribution in [3.63, 3.8) is 0 Å². The second-order valence-corrected chi connectivity index (χ2v) is 8.89. The monoisotopic (exact) mass is 460 g/mol. The number of piperidine rings is 1. The minimum absolute atomic E-state index is 0.261. The average molecular weight is 461 g/mol. The van der Waals surface area contributed by atoms with E-state index in [4.69, 9.17) is 20.4 Å².